The van der Waals surface area contributed by atoms with Crippen LogP contribution in [-0.2, 0) is 14.6 Å². The third-order valence-corrected chi connectivity index (χ3v) is 6.02. The highest BCUT2D eigenvalue weighted by Gasteiger charge is 2.17. The Hall–Kier alpha value is -3.10. The predicted octanol–water partition coefficient (Wildman–Crippen LogP) is 3.90. The van der Waals surface area contributed by atoms with Gasteiger partial charge < -0.3 is 15.4 Å². The lowest BCUT2D eigenvalue weighted by atomic mass is 10.2. The Labute approximate surface area is 180 Å². The average molecular weight is 446 g/mol. The molecule has 1 heterocycles. The van der Waals surface area contributed by atoms with Crippen molar-refractivity contribution >= 4 is 38.7 Å². The fourth-order valence-corrected chi connectivity index (χ4v) is 4.32. The molecule has 0 aliphatic heterocycles. The smallest absolute Gasteiger partial charge is 0.262 e. The number of pyridine rings is 1. The van der Waals surface area contributed by atoms with E-state index in [2.05, 4.69) is 15.6 Å². The van der Waals surface area contributed by atoms with Crippen LogP contribution >= 0.6 is 11.6 Å². The van der Waals surface area contributed by atoms with Crippen LogP contribution in [0.3, 0.4) is 0 Å². The van der Waals surface area contributed by atoms with Gasteiger partial charge in [-0.25, -0.2) is 8.42 Å². The Morgan fingerprint density at radius 1 is 1.07 bits per heavy atom. The maximum atomic E-state index is 12.5. The van der Waals surface area contributed by atoms with E-state index >= 15 is 0 Å². The van der Waals surface area contributed by atoms with E-state index < -0.39 is 9.84 Å². The van der Waals surface area contributed by atoms with Crippen LogP contribution in [0.15, 0.2) is 71.9 Å². The number of rotatable bonds is 8. The second kappa shape index (κ2) is 9.60. The maximum absolute atomic E-state index is 12.5. The summed E-state index contributed by atoms with van der Waals surface area (Å²) in [5.41, 5.74) is 2.02. The van der Waals surface area contributed by atoms with Gasteiger partial charge in [0.25, 0.3) is 5.91 Å². The summed E-state index contributed by atoms with van der Waals surface area (Å²) in [7, 11) is -3.63. The molecule has 1 aromatic heterocycles. The first-order valence-corrected chi connectivity index (χ1v) is 11.0. The van der Waals surface area contributed by atoms with E-state index in [4.69, 9.17) is 16.3 Å². The van der Waals surface area contributed by atoms with Crippen LogP contribution in [-0.4, -0.2) is 31.8 Å². The molecule has 0 unspecified atom stereocenters. The molecule has 2 N–H and O–H groups in total. The first kappa shape index (κ1) is 21.6. The van der Waals surface area contributed by atoms with Gasteiger partial charge in [-0.1, -0.05) is 23.7 Å². The first-order chi connectivity index (χ1) is 14.3. The molecule has 0 radical (unpaired) electrons. The summed E-state index contributed by atoms with van der Waals surface area (Å²) >= 11 is 6.00. The molecule has 0 aliphatic rings. The minimum atomic E-state index is -3.63. The van der Waals surface area contributed by atoms with E-state index in [0.29, 0.717) is 17.1 Å². The van der Waals surface area contributed by atoms with Gasteiger partial charge in [-0.05, 0) is 48.9 Å². The zero-order chi connectivity index (χ0) is 21.6. The molecule has 3 rings (SSSR count). The second-order valence-electron chi connectivity index (χ2n) is 6.47. The molecule has 1 amide bonds. The van der Waals surface area contributed by atoms with Gasteiger partial charge in [0.15, 0.2) is 16.4 Å². The third kappa shape index (κ3) is 5.95. The van der Waals surface area contributed by atoms with Crippen LogP contribution in [0.5, 0.6) is 5.75 Å². The fraction of sp³-hybridized carbons (Fsp3) is 0.143. The van der Waals surface area contributed by atoms with Gasteiger partial charge in [0.1, 0.15) is 11.6 Å². The van der Waals surface area contributed by atoms with Gasteiger partial charge in [-0.3, -0.25) is 9.78 Å². The number of benzene rings is 2. The largest absolute Gasteiger partial charge is 0.484 e. The molecule has 0 spiro atoms. The Morgan fingerprint density at radius 3 is 2.53 bits per heavy atom. The molecule has 0 atom stereocenters. The Kier molecular flexibility index (Phi) is 6.91. The van der Waals surface area contributed by atoms with Crippen LogP contribution in [0.4, 0.5) is 11.4 Å². The van der Waals surface area contributed by atoms with Gasteiger partial charge in [0.05, 0.1) is 9.92 Å². The normalized spacial score (nSPS) is 11.0. The van der Waals surface area contributed by atoms with E-state index in [1.54, 1.807) is 54.9 Å². The molecule has 0 saturated carbocycles. The number of ether oxygens (including phenoxy) is 1. The summed E-state index contributed by atoms with van der Waals surface area (Å²) in [6.07, 6.45) is 3.15. The number of nitrogens with zero attached hydrogens (tertiary/aromatic N) is 1. The number of aryl methyl sites for hydroxylation is 1. The number of hydrogen-bond acceptors (Lipinski definition) is 6. The van der Waals surface area contributed by atoms with Crippen LogP contribution in [0.1, 0.15) is 5.56 Å². The summed E-state index contributed by atoms with van der Waals surface area (Å²) in [6.45, 7) is 1.65. The van der Waals surface area contributed by atoms with Crippen molar-refractivity contribution in [2.75, 3.05) is 23.1 Å². The van der Waals surface area contributed by atoms with Crippen molar-refractivity contribution in [3.8, 4) is 5.75 Å². The topological polar surface area (TPSA) is 97.4 Å². The molecule has 7 nitrogen and oxygen atoms in total. The molecular weight excluding hydrogens is 426 g/mol. The van der Waals surface area contributed by atoms with Gasteiger partial charge in [-0.15, -0.1) is 0 Å². The summed E-state index contributed by atoms with van der Waals surface area (Å²) in [6, 6.07) is 14.8. The zero-order valence-corrected chi connectivity index (χ0v) is 17.7. The first-order valence-electron chi connectivity index (χ1n) is 8.99. The highest BCUT2D eigenvalue weighted by molar-refractivity contribution is 7.91. The number of sulfone groups is 1. The van der Waals surface area contributed by atoms with Crippen molar-refractivity contribution in [2.45, 2.75) is 11.8 Å². The Morgan fingerprint density at radius 2 is 1.80 bits per heavy atom. The third-order valence-electron chi connectivity index (χ3n) is 4.02. The molecule has 3 aromatic rings. The lowest BCUT2D eigenvalue weighted by molar-refractivity contribution is -0.118. The standard InChI is InChI=1S/C21H20ClN3O4S/c1-15-10-17(24-14-30(27,28)20-5-3-2-4-19(20)22)12-18(11-15)29-13-21(26)25-16-6-8-23-9-7-16/h2-12,24H,13-14H2,1H3,(H,23,25,26). The number of halogens is 1. The quantitative estimate of drug-likeness (QED) is 0.545. The van der Waals surface area contributed by atoms with Gasteiger partial charge in [0.2, 0.25) is 0 Å². The Balaban J connectivity index is 1.62. The molecular formula is C21H20ClN3O4S. The van der Waals surface area contributed by atoms with Crippen LogP contribution in [0, 0.1) is 6.92 Å². The highest BCUT2D eigenvalue weighted by atomic mass is 35.5. The van der Waals surface area contributed by atoms with Crippen molar-refractivity contribution in [1.82, 2.24) is 4.98 Å². The summed E-state index contributed by atoms with van der Waals surface area (Å²) in [5, 5.41) is 5.76. The number of carbonyl (C=O) groups excluding carboxylic acids is 1. The van der Waals surface area contributed by atoms with Gasteiger partial charge >= 0.3 is 0 Å². The monoisotopic (exact) mass is 445 g/mol. The second-order valence-corrected chi connectivity index (χ2v) is 8.84. The molecule has 0 saturated heterocycles. The zero-order valence-electron chi connectivity index (χ0n) is 16.1. The predicted molar refractivity (Wildman–Crippen MR) is 117 cm³/mol. The van der Waals surface area contributed by atoms with Crippen LogP contribution in [0.25, 0.3) is 0 Å². The molecule has 0 aliphatic carbocycles. The SMILES string of the molecule is Cc1cc(NCS(=O)(=O)c2ccccc2Cl)cc(OCC(=O)Nc2ccncc2)c1. The lowest BCUT2D eigenvalue weighted by Gasteiger charge is -2.12. The number of anilines is 2. The number of amides is 1. The Bertz CT molecular complexity index is 1140. The maximum Gasteiger partial charge on any atom is 0.262 e. The van der Waals surface area contributed by atoms with E-state index in [-0.39, 0.29) is 28.3 Å². The minimum absolute atomic E-state index is 0.0658. The summed E-state index contributed by atoms with van der Waals surface area (Å²) < 4.78 is 30.7. The van der Waals surface area contributed by atoms with E-state index in [1.807, 2.05) is 6.92 Å². The number of nitrogens with one attached hydrogen (secondary N) is 2. The highest BCUT2D eigenvalue weighted by Crippen LogP contribution is 2.24. The molecule has 30 heavy (non-hydrogen) atoms. The van der Waals surface area contributed by atoms with Crippen molar-refractivity contribution in [2.24, 2.45) is 0 Å². The van der Waals surface area contributed by atoms with Gasteiger partial charge in [0, 0.05) is 29.8 Å². The molecule has 156 valence electrons. The summed E-state index contributed by atoms with van der Waals surface area (Å²) in [5.74, 6) is -0.210. The fourth-order valence-electron chi connectivity index (χ4n) is 2.67. The molecule has 0 fully saturated rings. The number of hydrogen-bond donors (Lipinski definition) is 2. The number of carbonyl (C=O) groups is 1. The van der Waals surface area contributed by atoms with E-state index in [9.17, 15) is 13.2 Å². The van der Waals surface area contributed by atoms with Crippen LogP contribution < -0.4 is 15.4 Å². The number of aromatic nitrogens is 1. The average Bonchev–Trinajstić information content (AvgIpc) is 2.71. The van der Waals surface area contributed by atoms with Gasteiger partial charge in [-0.2, -0.15) is 0 Å². The van der Waals surface area contributed by atoms with Crippen molar-refractivity contribution in [1.29, 1.82) is 0 Å². The van der Waals surface area contributed by atoms with E-state index in [1.165, 1.54) is 12.1 Å². The lowest BCUT2D eigenvalue weighted by Crippen LogP contribution is -2.20. The molecule has 9 heteroatoms. The molecule has 0 bridgehead atoms. The minimum Gasteiger partial charge on any atom is -0.484 e. The molecule has 2 aromatic carbocycles. The van der Waals surface area contributed by atoms with Crippen molar-refractivity contribution < 1.29 is 17.9 Å². The van der Waals surface area contributed by atoms with Crippen LogP contribution in [0.2, 0.25) is 5.02 Å². The van der Waals surface area contributed by atoms with E-state index in [0.717, 1.165) is 5.56 Å². The van der Waals surface area contributed by atoms with Crippen molar-refractivity contribution in [3.05, 3.63) is 77.6 Å². The summed E-state index contributed by atoms with van der Waals surface area (Å²) in [4.78, 5) is 16.0. The van der Waals surface area contributed by atoms with Crippen molar-refractivity contribution in [3.63, 3.8) is 0 Å².